The zero-order valence-corrected chi connectivity index (χ0v) is 16.1. The van der Waals surface area contributed by atoms with Gasteiger partial charge in [0.2, 0.25) is 0 Å². The molecule has 3 aromatic rings. The Balaban J connectivity index is 2.15. The van der Waals surface area contributed by atoms with Gasteiger partial charge in [-0.3, -0.25) is 0 Å². The van der Waals surface area contributed by atoms with Gasteiger partial charge in [0.15, 0.2) is 0 Å². The van der Waals surface area contributed by atoms with Gasteiger partial charge in [-0.05, 0) is 30.7 Å². The molecule has 2 aromatic carbocycles. The summed E-state index contributed by atoms with van der Waals surface area (Å²) in [7, 11) is 0. The van der Waals surface area contributed by atoms with E-state index in [1.807, 2.05) is 59.2 Å². The Morgan fingerprint density at radius 3 is 2.59 bits per heavy atom. The fourth-order valence-corrected chi connectivity index (χ4v) is 3.38. The average Bonchev–Trinajstić information content (AvgIpc) is 2.93. The molecular formula is C21H16Cl2N2O2. The molecule has 1 heterocycles. The van der Waals surface area contributed by atoms with Crippen molar-refractivity contribution in [2.24, 2.45) is 0 Å². The van der Waals surface area contributed by atoms with Crippen molar-refractivity contribution in [2.45, 2.75) is 13.5 Å². The van der Waals surface area contributed by atoms with Crippen molar-refractivity contribution >= 4 is 46.2 Å². The number of aromatic nitrogens is 1. The van der Waals surface area contributed by atoms with E-state index in [1.165, 1.54) is 6.08 Å². The molecule has 0 N–H and O–H groups in total. The molecule has 0 bridgehead atoms. The topological polar surface area (TPSA) is 55.0 Å². The van der Waals surface area contributed by atoms with E-state index >= 15 is 0 Å². The number of para-hydroxylation sites is 1. The molecule has 136 valence electrons. The summed E-state index contributed by atoms with van der Waals surface area (Å²) >= 11 is 12.9. The molecule has 4 nitrogen and oxygen atoms in total. The first-order chi connectivity index (χ1) is 13.1. The summed E-state index contributed by atoms with van der Waals surface area (Å²) in [6, 6.07) is 17.1. The molecule has 1 aromatic heterocycles. The fourth-order valence-electron chi connectivity index (χ4n) is 2.88. The summed E-state index contributed by atoms with van der Waals surface area (Å²) < 4.78 is 6.85. The van der Waals surface area contributed by atoms with Crippen LogP contribution in [0.1, 0.15) is 18.1 Å². The van der Waals surface area contributed by atoms with Crippen LogP contribution in [0.25, 0.3) is 17.0 Å². The van der Waals surface area contributed by atoms with Crippen molar-refractivity contribution in [3.63, 3.8) is 0 Å². The Kier molecular flexibility index (Phi) is 5.85. The minimum Gasteiger partial charge on any atom is -0.462 e. The van der Waals surface area contributed by atoms with Crippen molar-refractivity contribution in [3.8, 4) is 6.07 Å². The number of hydrogen-bond donors (Lipinski definition) is 0. The second-order valence-electron chi connectivity index (χ2n) is 5.79. The van der Waals surface area contributed by atoms with Crippen molar-refractivity contribution < 1.29 is 9.53 Å². The van der Waals surface area contributed by atoms with Gasteiger partial charge in [-0.15, -0.1) is 0 Å². The summed E-state index contributed by atoms with van der Waals surface area (Å²) in [4.78, 5) is 12.0. The minimum absolute atomic E-state index is 0.0978. The van der Waals surface area contributed by atoms with Gasteiger partial charge in [-0.2, -0.15) is 5.26 Å². The largest absolute Gasteiger partial charge is 0.462 e. The number of nitriles is 1. The quantitative estimate of drug-likeness (QED) is 0.325. The molecule has 0 saturated carbocycles. The fraction of sp³-hybridized carbons (Fsp3) is 0.143. The standard InChI is InChI=1S/C21H16Cl2N2O2/c1-2-27-21(26)15(12-24)11-17-16-8-4-6-10-19(16)25(20(17)23)13-14-7-3-5-9-18(14)22/h3-11H,2,13H2,1H3/b15-11-. The summed E-state index contributed by atoms with van der Waals surface area (Å²) in [5, 5.41) is 11.2. The zero-order valence-electron chi connectivity index (χ0n) is 14.6. The third-order valence-electron chi connectivity index (χ3n) is 4.14. The van der Waals surface area contributed by atoms with E-state index in [2.05, 4.69) is 0 Å². The van der Waals surface area contributed by atoms with Crippen LogP contribution in [0.4, 0.5) is 0 Å². The number of nitrogens with zero attached hydrogens (tertiary/aromatic N) is 2. The third kappa shape index (κ3) is 3.85. The maximum absolute atomic E-state index is 12.0. The van der Waals surface area contributed by atoms with Crippen LogP contribution in [0.2, 0.25) is 10.2 Å². The molecule has 0 radical (unpaired) electrons. The van der Waals surface area contributed by atoms with Crippen LogP contribution < -0.4 is 0 Å². The lowest BCUT2D eigenvalue weighted by atomic mass is 10.1. The van der Waals surface area contributed by atoms with Crippen molar-refractivity contribution in [3.05, 3.63) is 75.4 Å². The van der Waals surface area contributed by atoms with E-state index in [9.17, 15) is 10.1 Å². The van der Waals surface area contributed by atoms with E-state index in [4.69, 9.17) is 27.9 Å². The number of esters is 1. The molecule has 0 fully saturated rings. The summed E-state index contributed by atoms with van der Waals surface area (Å²) in [6.07, 6.45) is 1.48. The van der Waals surface area contributed by atoms with E-state index in [0.29, 0.717) is 22.3 Å². The number of rotatable bonds is 5. The molecule has 6 heteroatoms. The smallest absolute Gasteiger partial charge is 0.348 e. The highest BCUT2D eigenvalue weighted by atomic mass is 35.5. The van der Waals surface area contributed by atoms with E-state index in [-0.39, 0.29) is 12.2 Å². The monoisotopic (exact) mass is 398 g/mol. The minimum atomic E-state index is -0.668. The Morgan fingerprint density at radius 1 is 1.19 bits per heavy atom. The molecule has 0 amide bonds. The third-order valence-corrected chi connectivity index (χ3v) is 4.91. The lowest BCUT2D eigenvalue weighted by molar-refractivity contribution is -0.137. The van der Waals surface area contributed by atoms with Crippen LogP contribution in [-0.2, 0) is 16.1 Å². The number of ether oxygens (including phenoxy) is 1. The Hall–Kier alpha value is -2.74. The maximum atomic E-state index is 12.0. The van der Waals surface area contributed by atoms with Crippen LogP contribution in [0.5, 0.6) is 0 Å². The molecule has 0 aliphatic rings. The highest BCUT2D eigenvalue weighted by Gasteiger charge is 2.18. The molecule has 0 spiro atoms. The lowest BCUT2D eigenvalue weighted by Crippen LogP contribution is -2.06. The SMILES string of the molecule is CCOC(=O)/C(C#N)=C\c1c(Cl)n(Cc2ccccc2Cl)c2ccccc12. The average molecular weight is 399 g/mol. The second kappa shape index (κ2) is 8.30. The van der Waals surface area contributed by atoms with E-state index < -0.39 is 5.97 Å². The normalized spacial score (nSPS) is 11.4. The van der Waals surface area contributed by atoms with Gasteiger partial charge in [0.05, 0.1) is 18.7 Å². The summed E-state index contributed by atoms with van der Waals surface area (Å²) in [5.74, 6) is -0.668. The van der Waals surface area contributed by atoms with Gasteiger partial charge < -0.3 is 9.30 Å². The van der Waals surface area contributed by atoms with Crippen molar-refractivity contribution in [1.82, 2.24) is 4.57 Å². The number of hydrogen-bond acceptors (Lipinski definition) is 3. The predicted molar refractivity (Wildman–Crippen MR) is 108 cm³/mol. The number of carbonyl (C=O) groups is 1. The Morgan fingerprint density at radius 2 is 1.89 bits per heavy atom. The van der Waals surface area contributed by atoms with Crippen LogP contribution in [0, 0.1) is 11.3 Å². The van der Waals surface area contributed by atoms with Crippen molar-refractivity contribution in [1.29, 1.82) is 5.26 Å². The highest BCUT2D eigenvalue weighted by Crippen LogP contribution is 2.33. The van der Waals surface area contributed by atoms with Crippen LogP contribution in [0.15, 0.2) is 54.1 Å². The van der Waals surface area contributed by atoms with Gasteiger partial charge in [0, 0.05) is 16.0 Å². The molecule has 27 heavy (non-hydrogen) atoms. The summed E-state index contributed by atoms with van der Waals surface area (Å²) in [6.45, 7) is 2.35. The van der Waals surface area contributed by atoms with Gasteiger partial charge in [0.25, 0.3) is 0 Å². The lowest BCUT2D eigenvalue weighted by Gasteiger charge is -2.09. The number of benzene rings is 2. The second-order valence-corrected chi connectivity index (χ2v) is 6.55. The Bertz CT molecular complexity index is 1080. The number of halogens is 2. The van der Waals surface area contributed by atoms with Crippen LogP contribution in [-0.4, -0.2) is 17.1 Å². The first-order valence-corrected chi connectivity index (χ1v) is 9.11. The molecule has 0 aliphatic heterocycles. The van der Waals surface area contributed by atoms with Crippen molar-refractivity contribution in [2.75, 3.05) is 6.61 Å². The van der Waals surface area contributed by atoms with Gasteiger partial charge in [-0.25, -0.2) is 4.79 Å². The van der Waals surface area contributed by atoms with Gasteiger partial charge >= 0.3 is 5.97 Å². The van der Waals surface area contributed by atoms with E-state index in [0.717, 1.165) is 16.5 Å². The van der Waals surface area contributed by atoms with Crippen LogP contribution >= 0.6 is 23.2 Å². The first kappa shape index (κ1) is 19.0. The number of fused-ring (bicyclic) bond motifs is 1. The molecule has 0 atom stereocenters. The molecule has 3 rings (SSSR count). The van der Waals surface area contributed by atoms with Gasteiger partial charge in [0.1, 0.15) is 16.8 Å². The molecule has 0 unspecified atom stereocenters. The molecular weight excluding hydrogens is 383 g/mol. The number of carbonyl (C=O) groups excluding carboxylic acids is 1. The maximum Gasteiger partial charge on any atom is 0.348 e. The molecule has 0 saturated heterocycles. The first-order valence-electron chi connectivity index (χ1n) is 8.35. The molecule has 0 aliphatic carbocycles. The predicted octanol–water partition coefficient (Wildman–Crippen LogP) is 5.47. The van der Waals surface area contributed by atoms with Crippen LogP contribution in [0.3, 0.4) is 0 Å². The van der Waals surface area contributed by atoms with E-state index in [1.54, 1.807) is 6.92 Å². The van der Waals surface area contributed by atoms with Gasteiger partial charge in [-0.1, -0.05) is 59.6 Å². The Labute approximate surface area is 167 Å². The summed E-state index contributed by atoms with van der Waals surface area (Å²) in [5.41, 5.74) is 2.31. The zero-order chi connectivity index (χ0) is 19.4. The highest BCUT2D eigenvalue weighted by molar-refractivity contribution is 6.33.